The van der Waals surface area contributed by atoms with Crippen LogP contribution < -0.4 is 15.4 Å². The molecule has 0 saturated carbocycles. The third kappa shape index (κ3) is 6.27. The summed E-state index contributed by atoms with van der Waals surface area (Å²) in [6, 6.07) is 6.42. The Morgan fingerprint density at radius 1 is 1.48 bits per heavy atom. The summed E-state index contributed by atoms with van der Waals surface area (Å²) in [6.07, 6.45) is 3.46. The summed E-state index contributed by atoms with van der Waals surface area (Å²) in [4.78, 5) is 11.8. The van der Waals surface area contributed by atoms with E-state index in [1.807, 2.05) is 0 Å². The Morgan fingerprint density at radius 3 is 2.95 bits per heavy atom. The lowest BCUT2D eigenvalue weighted by atomic mass is 10.1. The Labute approximate surface area is 128 Å². The summed E-state index contributed by atoms with van der Waals surface area (Å²) >= 11 is 0. The van der Waals surface area contributed by atoms with E-state index in [2.05, 4.69) is 15.4 Å². The fourth-order valence-corrected chi connectivity index (χ4v) is 2.28. The third-order valence-electron chi connectivity index (χ3n) is 3.23. The molecule has 0 radical (unpaired) electrons. The monoisotopic (exact) mass is 320 g/mol. The molecule has 21 heavy (non-hydrogen) atoms. The molecule has 4 nitrogen and oxygen atoms in total. The summed E-state index contributed by atoms with van der Waals surface area (Å²) in [5.41, 5.74) is 0.465. The molecule has 1 fully saturated rings. The molecule has 0 spiro atoms. The van der Waals surface area contributed by atoms with Gasteiger partial charge in [-0.1, -0.05) is 6.07 Å². The summed E-state index contributed by atoms with van der Waals surface area (Å²) in [6.45, 7) is -1.85. The minimum absolute atomic E-state index is 0. The van der Waals surface area contributed by atoms with Gasteiger partial charge in [0, 0.05) is 24.2 Å². The topological polar surface area (TPSA) is 50.4 Å². The van der Waals surface area contributed by atoms with Gasteiger partial charge in [0.15, 0.2) is 0 Å². The lowest BCUT2D eigenvalue weighted by Crippen LogP contribution is -2.23. The van der Waals surface area contributed by atoms with Gasteiger partial charge in [0.05, 0.1) is 0 Å². The predicted molar refractivity (Wildman–Crippen MR) is 79.2 cm³/mol. The Kier molecular flexibility index (Phi) is 7.39. The summed E-state index contributed by atoms with van der Waals surface area (Å²) in [5.74, 6) is -0.0804. The van der Waals surface area contributed by atoms with E-state index in [1.54, 1.807) is 12.1 Å². The van der Waals surface area contributed by atoms with Crippen LogP contribution in [0.3, 0.4) is 0 Å². The Bertz CT molecular complexity index is 454. The van der Waals surface area contributed by atoms with E-state index in [0.29, 0.717) is 18.2 Å². The lowest BCUT2D eigenvalue weighted by Gasteiger charge is -2.11. The largest absolute Gasteiger partial charge is 0.435 e. The van der Waals surface area contributed by atoms with E-state index < -0.39 is 6.61 Å². The molecule has 1 aromatic carbocycles. The zero-order valence-corrected chi connectivity index (χ0v) is 12.3. The van der Waals surface area contributed by atoms with Gasteiger partial charge in [-0.15, -0.1) is 12.4 Å². The molecular weight excluding hydrogens is 302 g/mol. The molecule has 2 N–H and O–H groups in total. The molecule has 7 heteroatoms. The smallest absolute Gasteiger partial charge is 0.387 e. The number of carbonyl (C=O) groups is 1. The van der Waals surface area contributed by atoms with Gasteiger partial charge in [-0.05, 0) is 37.9 Å². The number of carbonyl (C=O) groups excluding carboxylic acids is 1. The molecule has 0 aliphatic carbocycles. The van der Waals surface area contributed by atoms with Gasteiger partial charge >= 0.3 is 6.61 Å². The van der Waals surface area contributed by atoms with Crippen LogP contribution in [0.5, 0.6) is 5.75 Å². The maximum atomic E-state index is 12.1. The molecule has 118 valence electrons. The van der Waals surface area contributed by atoms with Crippen LogP contribution in [0.25, 0.3) is 0 Å². The second-order valence-electron chi connectivity index (χ2n) is 4.79. The van der Waals surface area contributed by atoms with Crippen LogP contribution in [0, 0.1) is 0 Å². The highest BCUT2D eigenvalue weighted by molar-refractivity contribution is 5.90. The first-order valence-corrected chi connectivity index (χ1v) is 6.71. The molecule has 1 saturated heterocycles. The highest BCUT2D eigenvalue weighted by Crippen LogP contribution is 2.20. The number of amides is 1. The molecule has 0 aromatic heterocycles. The van der Waals surface area contributed by atoms with Crippen LogP contribution in [-0.4, -0.2) is 25.1 Å². The number of rotatable bonds is 6. The van der Waals surface area contributed by atoms with Crippen molar-refractivity contribution in [3.63, 3.8) is 0 Å². The van der Waals surface area contributed by atoms with Gasteiger partial charge in [-0.2, -0.15) is 8.78 Å². The Morgan fingerprint density at radius 2 is 2.29 bits per heavy atom. The number of ether oxygens (including phenoxy) is 1. The normalized spacial score (nSPS) is 17.4. The van der Waals surface area contributed by atoms with Crippen molar-refractivity contribution in [2.24, 2.45) is 0 Å². The fraction of sp³-hybridized carbons (Fsp3) is 0.500. The maximum Gasteiger partial charge on any atom is 0.387 e. The Hall–Kier alpha value is -1.40. The molecule has 0 bridgehead atoms. The average Bonchev–Trinajstić information content (AvgIpc) is 2.89. The van der Waals surface area contributed by atoms with Crippen molar-refractivity contribution in [1.29, 1.82) is 0 Å². The minimum atomic E-state index is -2.87. The Balaban J connectivity index is 0.00000220. The molecular formula is C14H19ClF2N2O2. The molecule has 1 unspecified atom stereocenters. The second kappa shape index (κ2) is 8.79. The molecule has 1 aromatic rings. The van der Waals surface area contributed by atoms with Crippen molar-refractivity contribution in [1.82, 2.24) is 5.32 Å². The number of alkyl halides is 2. The SMILES string of the molecule is Cl.O=C(CCC1CCCN1)Nc1cccc(OC(F)F)c1. The van der Waals surface area contributed by atoms with Crippen LogP contribution in [-0.2, 0) is 4.79 Å². The number of benzene rings is 1. The van der Waals surface area contributed by atoms with Crippen molar-refractivity contribution in [2.45, 2.75) is 38.3 Å². The van der Waals surface area contributed by atoms with Crippen molar-refractivity contribution in [2.75, 3.05) is 11.9 Å². The molecule has 1 amide bonds. The van der Waals surface area contributed by atoms with Crippen LogP contribution in [0.15, 0.2) is 24.3 Å². The number of anilines is 1. The van der Waals surface area contributed by atoms with Crippen LogP contribution in [0.2, 0.25) is 0 Å². The number of hydrogen-bond donors (Lipinski definition) is 2. The van der Waals surface area contributed by atoms with E-state index in [4.69, 9.17) is 0 Å². The lowest BCUT2D eigenvalue weighted by molar-refractivity contribution is -0.116. The molecule has 1 aliphatic heterocycles. The van der Waals surface area contributed by atoms with Crippen molar-refractivity contribution >= 4 is 24.0 Å². The van der Waals surface area contributed by atoms with Crippen molar-refractivity contribution in [3.05, 3.63) is 24.3 Å². The fourth-order valence-electron chi connectivity index (χ4n) is 2.28. The van der Waals surface area contributed by atoms with Gasteiger partial charge in [0.2, 0.25) is 5.91 Å². The van der Waals surface area contributed by atoms with E-state index in [0.717, 1.165) is 25.8 Å². The quantitative estimate of drug-likeness (QED) is 0.846. The van der Waals surface area contributed by atoms with Gasteiger partial charge in [-0.25, -0.2) is 0 Å². The highest BCUT2D eigenvalue weighted by atomic mass is 35.5. The zero-order chi connectivity index (χ0) is 14.4. The van der Waals surface area contributed by atoms with E-state index in [1.165, 1.54) is 12.1 Å². The summed E-state index contributed by atoms with van der Waals surface area (Å²) < 4.78 is 28.5. The first-order chi connectivity index (χ1) is 9.63. The van der Waals surface area contributed by atoms with Gasteiger partial charge in [-0.3, -0.25) is 4.79 Å². The molecule has 2 rings (SSSR count). The van der Waals surface area contributed by atoms with E-state index in [-0.39, 0.29) is 24.1 Å². The van der Waals surface area contributed by atoms with E-state index >= 15 is 0 Å². The minimum Gasteiger partial charge on any atom is -0.435 e. The van der Waals surface area contributed by atoms with Crippen LogP contribution in [0.1, 0.15) is 25.7 Å². The summed E-state index contributed by atoms with van der Waals surface area (Å²) in [7, 11) is 0. The van der Waals surface area contributed by atoms with Gasteiger partial charge < -0.3 is 15.4 Å². The molecule has 1 heterocycles. The first kappa shape index (κ1) is 17.7. The first-order valence-electron chi connectivity index (χ1n) is 6.71. The zero-order valence-electron chi connectivity index (χ0n) is 11.5. The second-order valence-corrected chi connectivity index (χ2v) is 4.79. The highest BCUT2D eigenvalue weighted by Gasteiger charge is 2.15. The third-order valence-corrected chi connectivity index (χ3v) is 3.23. The van der Waals surface area contributed by atoms with Crippen LogP contribution >= 0.6 is 12.4 Å². The maximum absolute atomic E-state index is 12.1. The molecule has 1 aliphatic rings. The van der Waals surface area contributed by atoms with Crippen molar-refractivity contribution < 1.29 is 18.3 Å². The standard InChI is InChI=1S/C14H18F2N2O2.ClH/c15-14(16)20-12-5-1-3-11(9-12)18-13(19)7-6-10-4-2-8-17-10;/h1,3,5,9-10,14,17H,2,4,6-8H2,(H,18,19);1H. The van der Waals surface area contributed by atoms with Crippen molar-refractivity contribution in [3.8, 4) is 5.75 Å². The number of halogens is 3. The number of nitrogens with one attached hydrogen (secondary N) is 2. The average molecular weight is 321 g/mol. The predicted octanol–water partition coefficient (Wildman–Crippen LogP) is 3.18. The van der Waals surface area contributed by atoms with Crippen LogP contribution in [0.4, 0.5) is 14.5 Å². The summed E-state index contributed by atoms with van der Waals surface area (Å²) in [5, 5.41) is 6.01. The van der Waals surface area contributed by atoms with Gasteiger partial charge in [0.25, 0.3) is 0 Å². The number of hydrogen-bond acceptors (Lipinski definition) is 3. The van der Waals surface area contributed by atoms with Gasteiger partial charge in [0.1, 0.15) is 5.75 Å². The molecule has 1 atom stereocenters. The van der Waals surface area contributed by atoms with E-state index in [9.17, 15) is 13.6 Å².